The lowest BCUT2D eigenvalue weighted by atomic mass is 10.1. The van der Waals surface area contributed by atoms with E-state index in [1.807, 2.05) is 19.0 Å². The second kappa shape index (κ2) is 6.09. The van der Waals surface area contributed by atoms with E-state index in [9.17, 15) is 14.7 Å². The third-order valence-corrected chi connectivity index (χ3v) is 3.75. The quantitative estimate of drug-likeness (QED) is 0.861. The highest BCUT2D eigenvalue weighted by molar-refractivity contribution is 5.96. The topological polar surface area (TPSA) is 83.0 Å². The molecule has 2 heterocycles. The Labute approximate surface area is 123 Å². The summed E-state index contributed by atoms with van der Waals surface area (Å²) in [4.78, 5) is 31.2. The first-order chi connectivity index (χ1) is 9.93. The number of methoxy groups -OCH3 is 1. The lowest BCUT2D eigenvalue weighted by Gasteiger charge is -2.22. The monoisotopic (exact) mass is 293 g/mol. The fourth-order valence-electron chi connectivity index (χ4n) is 2.44. The Bertz CT molecular complexity index is 530. The normalized spacial score (nSPS) is 21.6. The van der Waals surface area contributed by atoms with Crippen molar-refractivity contribution < 1.29 is 19.4 Å². The van der Waals surface area contributed by atoms with E-state index in [0.717, 1.165) is 0 Å². The van der Waals surface area contributed by atoms with Gasteiger partial charge in [0.15, 0.2) is 0 Å². The number of likely N-dealkylation sites (N-methyl/N-ethyl adjacent to an activating group) is 1. The number of amides is 1. The minimum Gasteiger partial charge on any atom is -0.481 e. The van der Waals surface area contributed by atoms with Gasteiger partial charge in [0.25, 0.3) is 5.91 Å². The van der Waals surface area contributed by atoms with Crippen molar-refractivity contribution in [2.24, 2.45) is 0 Å². The molecule has 0 spiro atoms. The number of nitrogens with zero attached hydrogens (tertiary/aromatic N) is 3. The SMILES string of the molecule is COc1ccc(C(=O)N2C[C@H](N(C)C)C[C@H]2C(=O)O)cn1. The van der Waals surface area contributed by atoms with E-state index in [-0.39, 0.29) is 11.9 Å². The molecule has 7 nitrogen and oxygen atoms in total. The van der Waals surface area contributed by atoms with Crippen molar-refractivity contribution >= 4 is 11.9 Å². The van der Waals surface area contributed by atoms with E-state index in [2.05, 4.69) is 4.98 Å². The zero-order chi connectivity index (χ0) is 15.6. The van der Waals surface area contributed by atoms with E-state index in [1.165, 1.54) is 18.2 Å². The average Bonchev–Trinajstić information content (AvgIpc) is 2.92. The smallest absolute Gasteiger partial charge is 0.326 e. The molecule has 1 aromatic rings. The molecule has 0 radical (unpaired) electrons. The van der Waals surface area contributed by atoms with Gasteiger partial charge in [-0.25, -0.2) is 9.78 Å². The number of hydrogen-bond acceptors (Lipinski definition) is 5. The number of likely N-dealkylation sites (tertiary alicyclic amines) is 1. The molecule has 0 aromatic carbocycles. The van der Waals surface area contributed by atoms with E-state index < -0.39 is 12.0 Å². The minimum atomic E-state index is -0.978. The fourth-order valence-corrected chi connectivity index (χ4v) is 2.44. The maximum atomic E-state index is 12.5. The Kier molecular flexibility index (Phi) is 4.42. The zero-order valence-corrected chi connectivity index (χ0v) is 12.3. The highest BCUT2D eigenvalue weighted by Gasteiger charge is 2.40. The number of carbonyl (C=O) groups is 2. The number of aromatic nitrogens is 1. The molecule has 0 bridgehead atoms. The first-order valence-electron chi connectivity index (χ1n) is 6.64. The molecule has 0 unspecified atom stereocenters. The van der Waals surface area contributed by atoms with Gasteiger partial charge in [-0.1, -0.05) is 0 Å². The van der Waals surface area contributed by atoms with Gasteiger partial charge in [-0.15, -0.1) is 0 Å². The van der Waals surface area contributed by atoms with Crippen molar-refractivity contribution in [3.8, 4) is 5.88 Å². The number of carbonyl (C=O) groups excluding carboxylic acids is 1. The number of rotatable bonds is 4. The molecule has 1 fully saturated rings. The molecule has 1 saturated heterocycles. The molecule has 1 aliphatic rings. The minimum absolute atomic E-state index is 0.0428. The van der Waals surface area contributed by atoms with Gasteiger partial charge in [-0.2, -0.15) is 0 Å². The summed E-state index contributed by atoms with van der Waals surface area (Å²) in [6.07, 6.45) is 1.83. The zero-order valence-electron chi connectivity index (χ0n) is 12.3. The Balaban J connectivity index is 2.20. The van der Waals surface area contributed by atoms with Crippen molar-refractivity contribution in [2.45, 2.75) is 18.5 Å². The molecular weight excluding hydrogens is 274 g/mol. The number of aliphatic carboxylic acids is 1. The van der Waals surface area contributed by atoms with Crippen molar-refractivity contribution in [1.29, 1.82) is 0 Å². The largest absolute Gasteiger partial charge is 0.481 e. The van der Waals surface area contributed by atoms with Crippen LogP contribution in [0.5, 0.6) is 5.88 Å². The lowest BCUT2D eigenvalue weighted by molar-refractivity contribution is -0.141. The Morgan fingerprint density at radius 3 is 2.62 bits per heavy atom. The lowest BCUT2D eigenvalue weighted by Crippen LogP contribution is -2.41. The molecule has 7 heteroatoms. The van der Waals surface area contributed by atoms with Crippen LogP contribution in [0.1, 0.15) is 16.8 Å². The summed E-state index contributed by atoms with van der Waals surface area (Å²) < 4.78 is 4.95. The van der Waals surface area contributed by atoms with Gasteiger partial charge in [0.05, 0.1) is 12.7 Å². The van der Waals surface area contributed by atoms with Crippen LogP contribution in [0, 0.1) is 0 Å². The van der Waals surface area contributed by atoms with Gasteiger partial charge < -0.3 is 19.6 Å². The predicted molar refractivity (Wildman–Crippen MR) is 75.3 cm³/mol. The Morgan fingerprint density at radius 2 is 2.14 bits per heavy atom. The van der Waals surface area contributed by atoms with Crippen LogP contribution < -0.4 is 4.74 Å². The third kappa shape index (κ3) is 3.13. The van der Waals surface area contributed by atoms with Crippen molar-refractivity contribution in [2.75, 3.05) is 27.7 Å². The van der Waals surface area contributed by atoms with E-state index in [0.29, 0.717) is 24.4 Å². The number of carboxylic acids is 1. The molecule has 0 aliphatic carbocycles. The molecule has 1 N–H and O–H groups in total. The first kappa shape index (κ1) is 15.2. The molecule has 2 atom stereocenters. The summed E-state index contributed by atoms with van der Waals surface area (Å²) in [6, 6.07) is 2.42. The Morgan fingerprint density at radius 1 is 1.43 bits per heavy atom. The summed E-state index contributed by atoms with van der Waals surface area (Å²) in [6.45, 7) is 0.398. The second-order valence-corrected chi connectivity index (χ2v) is 5.25. The van der Waals surface area contributed by atoms with Crippen LogP contribution in [0.25, 0.3) is 0 Å². The molecule has 1 aromatic heterocycles. The maximum Gasteiger partial charge on any atom is 0.326 e. The third-order valence-electron chi connectivity index (χ3n) is 3.75. The summed E-state index contributed by atoms with van der Waals surface area (Å²) >= 11 is 0. The van der Waals surface area contributed by atoms with Gasteiger partial charge in [0.2, 0.25) is 5.88 Å². The number of pyridine rings is 1. The first-order valence-corrected chi connectivity index (χ1v) is 6.64. The second-order valence-electron chi connectivity index (χ2n) is 5.25. The summed E-state index contributed by atoms with van der Waals surface area (Å²) in [5, 5.41) is 9.31. The molecular formula is C14H19N3O4. The van der Waals surface area contributed by atoms with Crippen LogP contribution in [0.2, 0.25) is 0 Å². The van der Waals surface area contributed by atoms with Crippen LogP contribution in [0.4, 0.5) is 0 Å². The number of hydrogen-bond donors (Lipinski definition) is 1. The highest BCUT2D eigenvalue weighted by atomic mass is 16.5. The van der Waals surface area contributed by atoms with Crippen LogP contribution >= 0.6 is 0 Å². The summed E-state index contributed by atoms with van der Waals surface area (Å²) in [7, 11) is 5.26. The van der Waals surface area contributed by atoms with E-state index in [4.69, 9.17) is 4.74 Å². The van der Waals surface area contributed by atoms with Crippen molar-refractivity contribution in [3.05, 3.63) is 23.9 Å². The maximum absolute atomic E-state index is 12.5. The fraction of sp³-hybridized carbons (Fsp3) is 0.500. The van der Waals surface area contributed by atoms with Gasteiger partial charge in [-0.05, 0) is 26.6 Å². The van der Waals surface area contributed by atoms with Gasteiger partial charge >= 0.3 is 5.97 Å². The van der Waals surface area contributed by atoms with Crippen LogP contribution in [-0.2, 0) is 4.79 Å². The highest BCUT2D eigenvalue weighted by Crippen LogP contribution is 2.23. The van der Waals surface area contributed by atoms with Gasteiger partial charge in [0, 0.05) is 24.8 Å². The average molecular weight is 293 g/mol. The standard InChI is InChI=1S/C14H19N3O4/c1-16(2)10-6-11(14(19)20)17(8-10)13(18)9-4-5-12(21-3)15-7-9/h4-5,7,10-11H,6,8H2,1-3H3,(H,19,20)/t10-,11+/m1/s1. The van der Waals surface area contributed by atoms with Crippen LogP contribution in [0.3, 0.4) is 0 Å². The molecule has 114 valence electrons. The Hall–Kier alpha value is -2.15. The molecule has 0 saturated carbocycles. The van der Waals surface area contributed by atoms with E-state index in [1.54, 1.807) is 12.1 Å². The number of carboxylic acid groups (broad SMARTS) is 1. The summed E-state index contributed by atoms with van der Waals surface area (Å²) in [5.41, 5.74) is 0.362. The van der Waals surface area contributed by atoms with Crippen LogP contribution in [0.15, 0.2) is 18.3 Å². The van der Waals surface area contributed by atoms with Crippen LogP contribution in [-0.4, -0.2) is 71.6 Å². The van der Waals surface area contributed by atoms with Gasteiger partial charge in [0.1, 0.15) is 6.04 Å². The summed E-state index contributed by atoms with van der Waals surface area (Å²) in [5.74, 6) is -0.884. The van der Waals surface area contributed by atoms with Crippen molar-refractivity contribution in [3.63, 3.8) is 0 Å². The molecule has 2 rings (SSSR count). The predicted octanol–water partition coefficient (Wildman–Crippen LogP) is 0.320. The van der Waals surface area contributed by atoms with Crippen molar-refractivity contribution in [1.82, 2.24) is 14.8 Å². The van der Waals surface area contributed by atoms with E-state index >= 15 is 0 Å². The number of ether oxygens (including phenoxy) is 1. The molecule has 21 heavy (non-hydrogen) atoms. The van der Waals surface area contributed by atoms with Gasteiger partial charge in [-0.3, -0.25) is 4.79 Å². The molecule has 1 aliphatic heterocycles. The molecule has 1 amide bonds.